The number of alkyl halides is 3. The molecule has 2 N–H and O–H groups in total. The molecule has 26 heavy (non-hydrogen) atoms. The van der Waals surface area contributed by atoms with E-state index in [1.54, 1.807) is 0 Å². The van der Waals surface area contributed by atoms with E-state index in [1.807, 2.05) is 0 Å². The minimum atomic E-state index is -2.26. The number of carbonyl (C=O) groups is 3. The molecule has 1 heterocycles. The van der Waals surface area contributed by atoms with Crippen LogP contribution in [-0.4, -0.2) is 63.6 Å². The van der Waals surface area contributed by atoms with Crippen molar-refractivity contribution in [3.63, 3.8) is 0 Å². The van der Waals surface area contributed by atoms with Crippen LogP contribution in [0.1, 0.15) is 20.8 Å². The van der Waals surface area contributed by atoms with Gasteiger partial charge in [0, 0.05) is 13.8 Å². The number of halogens is 3. The zero-order valence-corrected chi connectivity index (χ0v) is 16.0. The van der Waals surface area contributed by atoms with Crippen molar-refractivity contribution < 1.29 is 43.2 Å². The molecule has 0 bridgehead atoms. The summed E-state index contributed by atoms with van der Waals surface area (Å²) in [4.78, 5) is 33.8. The molecule has 0 amide bonds. The Morgan fingerprint density at radius 1 is 0.962 bits per heavy atom. The molecule has 5 atom stereocenters. The van der Waals surface area contributed by atoms with Crippen molar-refractivity contribution in [2.24, 2.45) is 0 Å². The van der Waals surface area contributed by atoms with Crippen molar-refractivity contribution >= 4 is 58.8 Å². The summed E-state index contributed by atoms with van der Waals surface area (Å²) in [5, 5.41) is 16.5. The van der Waals surface area contributed by atoms with Gasteiger partial charge in [-0.2, -0.15) is 0 Å². The highest BCUT2D eigenvalue weighted by Crippen LogP contribution is 2.33. The number of hydrogen-bond acceptors (Lipinski definition) is 9. The van der Waals surface area contributed by atoms with Crippen LogP contribution in [0.2, 0.25) is 0 Å². The molecular weight excluding hydrogens is 420 g/mol. The monoisotopic (exact) mass is 435 g/mol. The molecule has 1 aliphatic rings. The van der Waals surface area contributed by atoms with Crippen LogP contribution in [0.3, 0.4) is 0 Å². The van der Waals surface area contributed by atoms with Crippen molar-refractivity contribution in [3.05, 3.63) is 0 Å². The molecule has 0 aliphatic carbocycles. The fraction of sp³-hybridized carbons (Fsp3) is 0.692. The first-order valence-corrected chi connectivity index (χ1v) is 8.18. The molecule has 1 saturated heterocycles. The highest BCUT2D eigenvalue weighted by molar-refractivity contribution is 6.76. The Morgan fingerprint density at radius 3 is 1.88 bits per heavy atom. The summed E-state index contributed by atoms with van der Waals surface area (Å²) < 4.78 is 22.9. The van der Waals surface area contributed by atoms with Gasteiger partial charge in [-0.1, -0.05) is 34.8 Å². The molecule has 0 aromatic rings. The smallest absolute Gasteiger partial charge is 0.456 e. The van der Waals surface area contributed by atoms with Crippen LogP contribution < -0.4 is 0 Å². The maximum atomic E-state index is 11.4. The maximum absolute atomic E-state index is 11.4. The van der Waals surface area contributed by atoms with Crippen LogP contribution in [0.15, 0.2) is 0 Å². The molecule has 0 aromatic carbocycles. The average Bonchev–Trinajstić information content (AvgIpc) is 2.44. The lowest BCUT2D eigenvalue weighted by Crippen LogP contribution is -2.61. The molecule has 0 spiro atoms. The maximum Gasteiger partial charge on any atom is 0.506 e. The number of carbonyl (C=O) groups excluding carboxylic acids is 2. The second-order valence-electron chi connectivity index (χ2n) is 5.15. The number of ether oxygens (including phenoxy) is 5. The van der Waals surface area contributed by atoms with E-state index in [1.165, 1.54) is 6.92 Å². The third-order valence-electron chi connectivity index (χ3n) is 3.06. The number of carboxylic acid groups (broad SMARTS) is 1. The van der Waals surface area contributed by atoms with Crippen molar-refractivity contribution in [1.82, 2.24) is 0 Å². The number of esters is 2. The zero-order valence-electron chi connectivity index (χ0n) is 13.7. The molecule has 10 nitrogen and oxygen atoms in total. The Balaban J connectivity index is 3.21. The van der Waals surface area contributed by atoms with Crippen molar-refractivity contribution in [3.8, 4) is 0 Å². The molecule has 13 heteroatoms. The first-order valence-electron chi connectivity index (χ1n) is 7.04. The van der Waals surface area contributed by atoms with Gasteiger partial charge in [0.25, 0.3) is 3.79 Å². The van der Waals surface area contributed by atoms with Crippen LogP contribution in [-0.2, 0) is 33.3 Å². The van der Waals surface area contributed by atoms with Gasteiger partial charge in [0.05, 0.1) is 6.10 Å². The van der Waals surface area contributed by atoms with Crippen LogP contribution in [0.5, 0.6) is 0 Å². The Morgan fingerprint density at radius 2 is 1.46 bits per heavy atom. The molecule has 148 valence electrons. The number of nitrogens with one attached hydrogen (secondary N) is 1. The molecule has 1 unspecified atom stereocenters. The number of hydrogen-bond donors (Lipinski definition) is 2. The highest BCUT2D eigenvalue weighted by Gasteiger charge is 2.52. The van der Waals surface area contributed by atoms with Gasteiger partial charge in [0.15, 0.2) is 12.2 Å². The first kappa shape index (κ1) is 22.6. The average molecular weight is 437 g/mol. The zero-order chi connectivity index (χ0) is 20.2. The van der Waals surface area contributed by atoms with E-state index in [-0.39, 0.29) is 0 Å². The van der Waals surface area contributed by atoms with Crippen LogP contribution in [0.4, 0.5) is 4.79 Å². The standard InChI is InChI=1S/C13H16Cl3NO9/c1-4-7(23-5(2)18)8(24-6(3)19)9(25-12(20)21)10(22-4)26-11(17)13(14,15)16/h4,7-10,17H,1-3H3,(H,20,21)/t4-,7-,8+,9+,10?/m0/s1. The predicted molar refractivity (Wildman–Crippen MR) is 87.4 cm³/mol. The molecule has 0 radical (unpaired) electrons. The van der Waals surface area contributed by atoms with Crippen LogP contribution >= 0.6 is 34.8 Å². The summed E-state index contributed by atoms with van der Waals surface area (Å²) in [5.74, 6) is -2.42. The van der Waals surface area contributed by atoms with Gasteiger partial charge < -0.3 is 28.8 Å². The van der Waals surface area contributed by atoms with Crippen molar-refractivity contribution in [2.75, 3.05) is 0 Å². The molecular formula is C13H16Cl3NO9. The fourth-order valence-electron chi connectivity index (χ4n) is 2.17. The summed E-state index contributed by atoms with van der Waals surface area (Å²) in [7, 11) is 0. The van der Waals surface area contributed by atoms with Gasteiger partial charge in [-0.3, -0.25) is 15.0 Å². The Labute approximate surface area is 163 Å². The summed E-state index contributed by atoms with van der Waals surface area (Å²) in [6.45, 7) is 3.60. The third-order valence-corrected chi connectivity index (χ3v) is 3.57. The topological polar surface area (TPSA) is 141 Å². The number of rotatable bonds is 4. The normalized spacial score (nSPS) is 28.6. The van der Waals surface area contributed by atoms with Gasteiger partial charge >= 0.3 is 18.1 Å². The fourth-order valence-corrected chi connectivity index (χ4v) is 2.31. The molecule has 0 aromatic heterocycles. The molecule has 1 fully saturated rings. The Bertz CT molecular complexity index is 580. The lowest BCUT2D eigenvalue weighted by molar-refractivity contribution is -0.280. The summed E-state index contributed by atoms with van der Waals surface area (Å²) in [6.07, 6.45) is -8.58. The van der Waals surface area contributed by atoms with E-state index < -0.39 is 58.5 Å². The Kier molecular flexibility index (Phi) is 7.75. The Hall–Kier alpha value is -1.49. The summed E-state index contributed by atoms with van der Waals surface area (Å²) >= 11 is 16.6. The predicted octanol–water partition coefficient (Wildman–Crippen LogP) is 2.02. The van der Waals surface area contributed by atoms with E-state index in [0.29, 0.717) is 0 Å². The molecule has 0 saturated carbocycles. The van der Waals surface area contributed by atoms with E-state index in [0.717, 1.165) is 13.8 Å². The largest absolute Gasteiger partial charge is 0.506 e. The minimum Gasteiger partial charge on any atom is -0.456 e. The lowest BCUT2D eigenvalue weighted by Gasteiger charge is -2.43. The third kappa shape index (κ3) is 6.35. The minimum absolute atomic E-state index is 0.731. The van der Waals surface area contributed by atoms with Gasteiger partial charge in [-0.05, 0) is 6.92 Å². The van der Waals surface area contributed by atoms with Crippen LogP contribution in [0, 0.1) is 5.41 Å². The first-order chi connectivity index (χ1) is 11.8. The van der Waals surface area contributed by atoms with Gasteiger partial charge in [0.2, 0.25) is 18.3 Å². The SMILES string of the molecule is CC(=O)O[C@@H]1[C@@H](OC(C)=O)[C@@H](OC(=O)O)C(OC(=N)C(Cl)(Cl)Cl)O[C@H]1C. The summed E-state index contributed by atoms with van der Waals surface area (Å²) in [5.41, 5.74) is 0. The van der Waals surface area contributed by atoms with E-state index in [2.05, 4.69) is 4.74 Å². The summed E-state index contributed by atoms with van der Waals surface area (Å²) in [6, 6.07) is 0. The van der Waals surface area contributed by atoms with E-state index in [9.17, 15) is 14.4 Å². The molecule has 1 aliphatic heterocycles. The lowest BCUT2D eigenvalue weighted by atomic mass is 9.99. The van der Waals surface area contributed by atoms with Gasteiger partial charge in [-0.15, -0.1) is 0 Å². The second kappa shape index (κ2) is 8.94. The van der Waals surface area contributed by atoms with Gasteiger partial charge in [-0.25, -0.2) is 4.79 Å². The van der Waals surface area contributed by atoms with Crippen LogP contribution in [0.25, 0.3) is 0 Å². The van der Waals surface area contributed by atoms with E-state index in [4.69, 9.17) is 64.3 Å². The van der Waals surface area contributed by atoms with Crippen molar-refractivity contribution in [2.45, 2.75) is 55.3 Å². The highest BCUT2D eigenvalue weighted by atomic mass is 35.6. The second-order valence-corrected chi connectivity index (χ2v) is 7.43. The quantitative estimate of drug-likeness (QED) is 0.222. The van der Waals surface area contributed by atoms with Crippen molar-refractivity contribution in [1.29, 1.82) is 5.41 Å². The van der Waals surface area contributed by atoms with E-state index >= 15 is 0 Å². The molecule has 1 rings (SSSR count). The van der Waals surface area contributed by atoms with Gasteiger partial charge in [0.1, 0.15) is 0 Å².